The van der Waals surface area contributed by atoms with Gasteiger partial charge < -0.3 is 5.32 Å². The maximum absolute atomic E-state index is 17.2. The molecule has 4 aromatic rings. The molecule has 4 aliphatic rings. The highest BCUT2D eigenvalue weighted by atomic mass is 35.5. The van der Waals surface area contributed by atoms with Crippen molar-refractivity contribution in [2.75, 3.05) is 10.2 Å². The summed E-state index contributed by atoms with van der Waals surface area (Å²) in [6, 6.07) is 13.1. The van der Waals surface area contributed by atoms with Crippen molar-refractivity contribution in [1.82, 2.24) is 9.97 Å². The minimum Gasteiger partial charge on any atom is -0.342 e. The van der Waals surface area contributed by atoms with E-state index in [9.17, 15) is 9.59 Å². The van der Waals surface area contributed by atoms with Crippen LogP contribution in [0, 0.1) is 16.6 Å². The van der Waals surface area contributed by atoms with Crippen molar-refractivity contribution in [2.45, 2.75) is 90.9 Å². The molecule has 0 spiro atoms. The molecule has 0 bridgehead atoms. The molecule has 10 heteroatoms. The van der Waals surface area contributed by atoms with Crippen LogP contribution in [0.25, 0.3) is 0 Å². The number of nitrogens with one attached hydrogen (secondary N) is 1. The minimum absolute atomic E-state index is 0.0646. The van der Waals surface area contributed by atoms with E-state index in [1.54, 1.807) is 17.1 Å². The van der Waals surface area contributed by atoms with E-state index in [-0.39, 0.29) is 22.4 Å². The van der Waals surface area contributed by atoms with Gasteiger partial charge in [0.05, 0.1) is 37.3 Å². The van der Waals surface area contributed by atoms with Crippen LogP contribution in [0.2, 0.25) is 5.02 Å². The number of Topliss-reactive ketones (excluding diaryl/α,β-unsaturated/α-hetero) is 2. The summed E-state index contributed by atoms with van der Waals surface area (Å²) in [7, 11) is 0. The predicted molar refractivity (Wildman–Crippen MR) is 200 cm³/mol. The van der Waals surface area contributed by atoms with E-state index in [2.05, 4.69) is 51.8 Å². The normalized spacial score (nSPS) is 25.2. The van der Waals surface area contributed by atoms with E-state index in [1.807, 2.05) is 41.3 Å². The Labute approximate surface area is 305 Å². The van der Waals surface area contributed by atoms with Gasteiger partial charge in [-0.25, -0.2) is 14.4 Å². The molecule has 2 aliphatic carbocycles. The summed E-state index contributed by atoms with van der Waals surface area (Å²) in [6.45, 7) is 12.6. The first-order valence-corrected chi connectivity index (χ1v) is 19.4. The highest BCUT2D eigenvalue weighted by Gasteiger charge is 2.54. The molecule has 0 saturated heterocycles. The first-order valence-electron chi connectivity index (χ1n) is 17.3. The van der Waals surface area contributed by atoms with Gasteiger partial charge in [-0.3, -0.25) is 14.5 Å². The van der Waals surface area contributed by atoms with Gasteiger partial charge in [0.2, 0.25) is 0 Å². The second-order valence-corrected chi connectivity index (χ2v) is 17.9. The Bertz CT molecular complexity index is 2180. The van der Waals surface area contributed by atoms with Gasteiger partial charge in [-0.2, -0.15) is 0 Å². The Hall–Kier alpha value is -3.66. The van der Waals surface area contributed by atoms with Gasteiger partial charge in [0.25, 0.3) is 0 Å². The first kappa shape index (κ1) is 33.5. The number of nitrogens with zero attached hydrogens (tertiary/aromatic N) is 3. The monoisotopic (exact) mass is 726 g/mol. The van der Waals surface area contributed by atoms with Crippen LogP contribution in [0.15, 0.2) is 76.0 Å². The number of hydrogen-bond acceptors (Lipinski definition) is 8. The zero-order chi connectivity index (χ0) is 35.4. The van der Waals surface area contributed by atoms with Crippen LogP contribution in [0.5, 0.6) is 0 Å². The summed E-state index contributed by atoms with van der Waals surface area (Å²) in [5.41, 5.74) is 6.55. The first-order chi connectivity index (χ1) is 23.8. The molecule has 50 heavy (non-hydrogen) atoms. The molecule has 8 rings (SSSR count). The summed E-state index contributed by atoms with van der Waals surface area (Å²) in [5, 5.41) is 4.08. The van der Waals surface area contributed by atoms with Gasteiger partial charge in [0.1, 0.15) is 11.6 Å². The molecule has 6 nitrogen and oxygen atoms in total. The molecule has 2 aliphatic heterocycles. The van der Waals surface area contributed by atoms with Gasteiger partial charge in [-0.05, 0) is 71.9 Å². The van der Waals surface area contributed by atoms with Crippen molar-refractivity contribution in [3.8, 4) is 0 Å². The number of carbonyl (C=O) groups excluding carboxylic acids is 2. The fourth-order valence-corrected chi connectivity index (χ4v) is 11.6. The molecular weight excluding hydrogens is 687 g/mol. The topological polar surface area (TPSA) is 75.2 Å². The van der Waals surface area contributed by atoms with Crippen LogP contribution in [0.3, 0.4) is 0 Å². The second-order valence-electron chi connectivity index (χ2n) is 15.7. The zero-order valence-electron chi connectivity index (χ0n) is 29.2. The highest BCUT2D eigenvalue weighted by Crippen LogP contribution is 2.60. The summed E-state index contributed by atoms with van der Waals surface area (Å²) in [5.74, 6) is 1.10. The largest absolute Gasteiger partial charge is 0.342 e. The number of thiazole rings is 2. The SMILES string of the molecule is CC[C@@]1(c2cccc(Cl)c2)C2=C(CC(C)(C)CC2=O)N(c2ccc([C@@]3(CC)C4=C(CC(C)(C)CC4=O)Nc4ncsc43)cc2F)c2ncsc21. The molecule has 258 valence electrons. The molecule has 0 unspecified atom stereocenters. The lowest BCUT2D eigenvalue weighted by Crippen LogP contribution is -2.45. The van der Waals surface area contributed by atoms with Crippen molar-refractivity contribution >= 4 is 63.2 Å². The number of anilines is 3. The van der Waals surface area contributed by atoms with Crippen LogP contribution >= 0.6 is 34.3 Å². The van der Waals surface area contributed by atoms with Gasteiger partial charge in [-0.1, -0.05) is 71.3 Å². The third-order valence-electron chi connectivity index (χ3n) is 11.3. The molecule has 4 heterocycles. The highest BCUT2D eigenvalue weighted by molar-refractivity contribution is 7.10. The number of aromatic nitrogens is 2. The fraction of sp³-hybridized carbons (Fsp3) is 0.400. The Morgan fingerprint density at radius 2 is 1.46 bits per heavy atom. The summed E-state index contributed by atoms with van der Waals surface area (Å²) >= 11 is 9.57. The number of carbonyl (C=O) groups is 2. The van der Waals surface area contributed by atoms with Crippen LogP contribution in [-0.2, 0) is 20.4 Å². The standard InChI is InChI=1S/C40H40ClFN4O2S2/c1-7-39(31-26(16-37(3,4)18-29(31)47)45-35-33(39)49-20-43-35)23-12-13-27(25(42)15-23)46-28-17-38(5,6)19-30(48)32(28)40(8-2,34-36(46)44-21-50-34)22-10-9-11-24(41)14-22/h9-15,20-21,45H,7-8,16-19H2,1-6H3/t39-,40+/m0/s1. The number of benzene rings is 2. The maximum Gasteiger partial charge on any atom is 0.162 e. The Kier molecular flexibility index (Phi) is 7.65. The number of rotatable bonds is 5. The van der Waals surface area contributed by atoms with Gasteiger partial charge >= 0.3 is 0 Å². The van der Waals surface area contributed by atoms with E-state index < -0.39 is 16.6 Å². The van der Waals surface area contributed by atoms with E-state index in [1.165, 1.54) is 22.7 Å². The van der Waals surface area contributed by atoms with Crippen LogP contribution in [-0.4, -0.2) is 21.5 Å². The van der Waals surface area contributed by atoms with Gasteiger partial charge in [-0.15, -0.1) is 22.7 Å². The number of halogens is 2. The third-order valence-corrected chi connectivity index (χ3v) is 13.5. The minimum atomic E-state index is -0.838. The summed E-state index contributed by atoms with van der Waals surface area (Å²) < 4.78 is 17.2. The number of hydrogen-bond donors (Lipinski definition) is 1. The van der Waals surface area contributed by atoms with Gasteiger partial charge in [0.15, 0.2) is 17.4 Å². The predicted octanol–water partition coefficient (Wildman–Crippen LogP) is 10.6. The van der Waals surface area contributed by atoms with E-state index >= 15 is 4.39 Å². The van der Waals surface area contributed by atoms with Crippen molar-refractivity contribution in [3.63, 3.8) is 0 Å². The van der Waals surface area contributed by atoms with E-state index in [4.69, 9.17) is 16.6 Å². The maximum atomic E-state index is 17.2. The summed E-state index contributed by atoms with van der Waals surface area (Å²) in [6.07, 6.45) is 3.30. The van der Waals surface area contributed by atoms with Gasteiger partial charge in [0, 0.05) is 40.4 Å². The average Bonchev–Trinajstić information content (AvgIpc) is 3.73. The molecule has 0 saturated carbocycles. The molecule has 2 aromatic carbocycles. The zero-order valence-corrected chi connectivity index (χ0v) is 31.6. The number of ketones is 2. The lowest BCUT2D eigenvalue weighted by atomic mass is 9.61. The second kappa shape index (κ2) is 11.4. The lowest BCUT2D eigenvalue weighted by Gasteiger charge is -2.48. The van der Waals surface area contributed by atoms with Crippen LogP contribution in [0.1, 0.15) is 101 Å². The smallest absolute Gasteiger partial charge is 0.162 e. The third kappa shape index (κ3) is 4.68. The van der Waals surface area contributed by atoms with Crippen LogP contribution in [0.4, 0.5) is 21.7 Å². The van der Waals surface area contributed by atoms with Crippen LogP contribution < -0.4 is 10.2 Å². The van der Waals surface area contributed by atoms with E-state index in [0.29, 0.717) is 60.6 Å². The lowest BCUT2D eigenvalue weighted by molar-refractivity contribution is -0.119. The molecular formula is C40H40ClFN4O2S2. The number of fused-ring (bicyclic) bond motifs is 2. The molecule has 2 atom stereocenters. The van der Waals surface area contributed by atoms with Crippen molar-refractivity contribution in [3.05, 3.63) is 108 Å². The number of allylic oxidation sites excluding steroid dienone is 4. The Balaban J connectivity index is 1.35. The molecule has 2 aromatic heterocycles. The Morgan fingerprint density at radius 3 is 2.16 bits per heavy atom. The van der Waals surface area contributed by atoms with Crippen molar-refractivity contribution < 1.29 is 14.0 Å². The molecule has 0 radical (unpaired) electrons. The van der Waals surface area contributed by atoms with Crippen molar-refractivity contribution in [1.29, 1.82) is 0 Å². The molecule has 0 fully saturated rings. The quantitative estimate of drug-likeness (QED) is 0.221. The van der Waals surface area contributed by atoms with Crippen molar-refractivity contribution in [2.24, 2.45) is 10.8 Å². The Morgan fingerprint density at radius 1 is 0.820 bits per heavy atom. The molecule has 1 N–H and O–H groups in total. The summed E-state index contributed by atoms with van der Waals surface area (Å²) in [4.78, 5) is 41.7. The van der Waals surface area contributed by atoms with E-state index in [0.717, 1.165) is 43.7 Å². The average molecular weight is 727 g/mol. The molecule has 0 amide bonds. The fourth-order valence-electron chi connectivity index (χ4n) is 9.31.